The number of hydrogen-bond acceptors (Lipinski definition) is 0. The minimum absolute atomic E-state index is 0.336. The molecule has 0 atom stereocenters. The van der Waals surface area contributed by atoms with Gasteiger partial charge in [-0.1, -0.05) is 23.8 Å². The van der Waals surface area contributed by atoms with E-state index in [4.69, 9.17) is 0 Å². The largest absolute Gasteiger partial charge is 0.304 e. The Balaban J connectivity index is 2.28. The van der Waals surface area contributed by atoms with E-state index in [1.165, 1.54) is 12.1 Å². The number of halogens is 2. The first kappa shape index (κ1) is 13.9. The third kappa shape index (κ3) is 2.04. The zero-order valence-electron chi connectivity index (χ0n) is 12.9. The molecule has 0 radical (unpaired) electrons. The van der Waals surface area contributed by atoms with Crippen molar-refractivity contribution < 1.29 is 8.78 Å². The maximum Gasteiger partial charge on any atom is 0.148 e. The van der Waals surface area contributed by atoms with E-state index in [0.717, 1.165) is 27.4 Å². The zero-order chi connectivity index (χ0) is 16.1. The number of para-hydroxylation sites is 1. The minimum atomic E-state index is -0.369. The van der Waals surface area contributed by atoms with Crippen molar-refractivity contribution in [1.29, 1.82) is 0 Å². The molecule has 0 aliphatic heterocycles. The molecule has 3 aromatic carbocycles. The summed E-state index contributed by atoms with van der Waals surface area (Å²) < 4.78 is 30.8. The highest BCUT2D eigenvalue weighted by molar-refractivity contribution is 6.09. The molecule has 23 heavy (non-hydrogen) atoms. The van der Waals surface area contributed by atoms with Crippen LogP contribution in [-0.2, 0) is 0 Å². The summed E-state index contributed by atoms with van der Waals surface area (Å²) in [6.45, 7) is 3.86. The van der Waals surface area contributed by atoms with E-state index in [1.807, 2.05) is 38.1 Å². The molecule has 0 aliphatic rings. The molecule has 1 nitrogen and oxygen atoms in total. The number of fused-ring (bicyclic) bond motifs is 3. The van der Waals surface area contributed by atoms with Gasteiger partial charge in [0, 0.05) is 10.8 Å². The molecule has 1 aromatic heterocycles. The van der Waals surface area contributed by atoms with Gasteiger partial charge in [0.25, 0.3) is 0 Å². The summed E-state index contributed by atoms with van der Waals surface area (Å²) in [6, 6.07) is 15.8. The number of benzene rings is 3. The van der Waals surface area contributed by atoms with Crippen LogP contribution in [0.2, 0.25) is 0 Å². The topological polar surface area (TPSA) is 4.93 Å². The van der Waals surface area contributed by atoms with E-state index in [0.29, 0.717) is 11.2 Å². The summed E-state index contributed by atoms with van der Waals surface area (Å²) >= 11 is 0. The number of hydrogen-bond donors (Lipinski definition) is 0. The van der Waals surface area contributed by atoms with Crippen LogP contribution in [0.1, 0.15) is 11.1 Å². The van der Waals surface area contributed by atoms with Gasteiger partial charge in [-0.3, -0.25) is 0 Å². The third-order valence-electron chi connectivity index (χ3n) is 4.21. The molecule has 0 spiro atoms. The maximum absolute atomic E-state index is 14.7. The molecule has 0 bridgehead atoms. The normalized spacial score (nSPS) is 11.5. The Kier molecular flexibility index (Phi) is 2.98. The van der Waals surface area contributed by atoms with Gasteiger partial charge in [-0.2, -0.15) is 0 Å². The van der Waals surface area contributed by atoms with Crippen LogP contribution in [0.4, 0.5) is 8.78 Å². The highest BCUT2D eigenvalue weighted by atomic mass is 19.1. The Bertz CT molecular complexity index is 1060. The van der Waals surface area contributed by atoms with Crippen molar-refractivity contribution in [2.75, 3.05) is 0 Å². The Morgan fingerprint density at radius 1 is 0.739 bits per heavy atom. The smallest absolute Gasteiger partial charge is 0.148 e. The predicted molar refractivity (Wildman–Crippen MR) is 90.2 cm³/mol. The highest BCUT2D eigenvalue weighted by Gasteiger charge is 2.18. The molecule has 4 rings (SSSR count). The molecule has 0 saturated heterocycles. The van der Waals surface area contributed by atoms with E-state index in [2.05, 4.69) is 0 Å². The summed E-state index contributed by atoms with van der Waals surface area (Å²) in [4.78, 5) is 0. The number of aryl methyl sites for hydroxylation is 2. The summed E-state index contributed by atoms with van der Waals surface area (Å²) in [5, 5.41) is 1.75. The second-order valence-corrected chi connectivity index (χ2v) is 5.95. The van der Waals surface area contributed by atoms with E-state index < -0.39 is 0 Å². The third-order valence-corrected chi connectivity index (χ3v) is 4.21. The van der Waals surface area contributed by atoms with Crippen molar-refractivity contribution in [2.45, 2.75) is 13.8 Å². The summed E-state index contributed by atoms with van der Waals surface area (Å²) in [5.41, 5.74) is 3.52. The summed E-state index contributed by atoms with van der Waals surface area (Å²) in [5.74, 6) is -0.705. The molecule has 4 aromatic rings. The predicted octanol–water partition coefficient (Wildman–Crippen LogP) is 5.68. The van der Waals surface area contributed by atoms with Gasteiger partial charge in [-0.15, -0.1) is 0 Å². The van der Waals surface area contributed by atoms with Gasteiger partial charge in [0.15, 0.2) is 0 Å². The number of rotatable bonds is 1. The maximum atomic E-state index is 14.7. The average Bonchev–Trinajstić information content (AvgIpc) is 2.82. The molecule has 3 heteroatoms. The Labute approximate surface area is 132 Å². The molecule has 114 valence electrons. The lowest BCUT2D eigenvalue weighted by Crippen LogP contribution is -1.99. The van der Waals surface area contributed by atoms with E-state index in [1.54, 1.807) is 22.8 Å². The highest BCUT2D eigenvalue weighted by Crippen LogP contribution is 2.35. The van der Waals surface area contributed by atoms with Crippen molar-refractivity contribution in [3.63, 3.8) is 0 Å². The van der Waals surface area contributed by atoms with Crippen molar-refractivity contribution in [2.24, 2.45) is 0 Å². The van der Waals surface area contributed by atoms with Crippen LogP contribution < -0.4 is 0 Å². The van der Waals surface area contributed by atoms with Crippen LogP contribution in [0, 0.1) is 25.5 Å². The van der Waals surface area contributed by atoms with Crippen LogP contribution in [0.15, 0.2) is 54.6 Å². The molecule has 0 unspecified atom stereocenters. The van der Waals surface area contributed by atoms with E-state index in [9.17, 15) is 8.78 Å². The van der Waals surface area contributed by atoms with E-state index >= 15 is 0 Å². The number of nitrogens with zero attached hydrogens (tertiary/aromatic N) is 1. The Hall–Kier alpha value is -2.68. The van der Waals surface area contributed by atoms with Gasteiger partial charge < -0.3 is 4.57 Å². The van der Waals surface area contributed by atoms with Crippen molar-refractivity contribution in [1.82, 2.24) is 4.57 Å². The fourth-order valence-corrected chi connectivity index (χ4v) is 3.23. The Morgan fingerprint density at radius 3 is 2.26 bits per heavy atom. The monoisotopic (exact) mass is 307 g/mol. The summed E-state index contributed by atoms with van der Waals surface area (Å²) in [7, 11) is 0. The van der Waals surface area contributed by atoms with Crippen LogP contribution >= 0.6 is 0 Å². The molecule has 0 aliphatic carbocycles. The Morgan fingerprint density at radius 2 is 1.48 bits per heavy atom. The molecule has 0 saturated carbocycles. The molecule has 0 N–H and O–H groups in total. The van der Waals surface area contributed by atoms with Crippen LogP contribution in [0.3, 0.4) is 0 Å². The van der Waals surface area contributed by atoms with Crippen molar-refractivity contribution >= 4 is 21.8 Å². The first-order chi connectivity index (χ1) is 11.1. The second kappa shape index (κ2) is 4.92. The fraction of sp³-hybridized carbons (Fsp3) is 0.100. The minimum Gasteiger partial charge on any atom is -0.304 e. The molecule has 0 amide bonds. The number of aromatic nitrogens is 1. The SMILES string of the molecule is Cc1ccc2c(c1)c1cc(C)cc(F)c1n2-c1ccccc1F. The zero-order valence-corrected chi connectivity index (χ0v) is 12.9. The quantitative estimate of drug-likeness (QED) is 0.426. The van der Waals surface area contributed by atoms with E-state index in [-0.39, 0.29) is 11.6 Å². The molecular formula is C20H15F2N. The fourth-order valence-electron chi connectivity index (χ4n) is 3.23. The molecule has 0 fully saturated rings. The molecule has 1 heterocycles. The van der Waals surface area contributed by atoms with Crippen LogP contribution in [0.5, 0.6) is 0 Å². The first-order valence-corrected chi connectivity index (χ1v) is 7.52. The van der Waals surface area contributed by atoms with Gasteiger partial charge in [-0.25, -0.2) is 8.78 Å². The lowest BCUT2D eigenvalue weighted by atomic mass is 10.1. The van der Waals surface area contributed by atoms with Crippen LogP contribution in [-0.4, -0.2) is 4.57 Å². The standard InChI is InChI=1S/C20H15F2N/c1-12-7-8-18-14(9-12)15-10-13(2)11-17(22)20(15)23(18)19-6-4-3-5-16(19)21/h3-11H,1-2H3. The van der Waals surface area contributed by atoms with Crippen LogP contribution in [0.25, 0.3) is 27.5 Å². The average molecular weight is 307 g/mol. The van der Waals surface area contributed by atoms with Gasteiger partial charge in [0.1, 0.15) is 11.6 Å². The van der Waals surface area contributed by atoms with Gasteiger partial charge in [-0.05, 0) is 55.8 Å². The van der Waals surface area contributed by atoms with Gasteiger partial charge >= 0.3 is 0 Å². The van der Waals surface area contributed by atoms with Crippen molar-refractivity contribution in [3.8, 4) is 5.69 Å². The second-order valence-electron chi connectivity index (χ2n) is 5.95. The van der Waals surface area contributed by atoms with Gasteiger partial charge in [0.05, 0.1) is 16.7 Å². The lowest BCUT2D eigenvalue weighted by Gasteiger charge is -2.09. The summed E-state index contributed by atoms with van der Waals surface area (Å²) in [6.07, 6.45) is 0. The molecular weight excluding hydrogens is 292 g/mol. The van der Waals surface area contributed by atoms with Crippen molar-refractivity contribution in [3.05, 3.63) is 77.4 Å². The van der Waals surface area contributed by atoms with Gasteiger partial charge in [0.2, 0.25) is 0 Å². The lowest BCUT2D eigenvalue weighted by molar-refractivity contribution is 0.615. The first-order valence-electron chi connectivity index (χ1n) is 7.52.